The second-order valence-electron chi connectivity index (χ2n) is 5.79. The Morgan fingerprint density at radius 2 is 2.09 bits per heavy atom. The highest BCUT2D eigenvalue weighted by molar-refractivity contribution is 7.18. The predicted octanol–water partition coefficient (Wildman–Crippen LogP) is 2.34. The molecule has 2 aliphatic carbocycles. The van der Waals surface area contributed by atoms with Crippen LogP contribution in [0.1, 0.15) is 46.7 Å². The molecule has 2 aliphatic rings. The molecule has 23 heavy (non-hydrogen) atoms. The molecule has 2 aromatic heterocycles. The molecule has 0 unspecified atom stereocenters. The summed E-state index contributed by atoms with van der Waals surface area (Å²) >= 11 is 1.44. The van der Waals surface area contributed by atoms with E-state index in [0.717, 1.165) is 37.3 Å². The van der Waals surface area contributed by atoms with Gasteiger partial charge in [-0.1, -0.05) is 6.42 Å². The fraction of sp³-hybridized carbons (Fsp3) is 0.533. The van der Waals surface area contributed by atoms with E-state index in [1.165, 1.54) is 35.5 Å². The molecule has 1 saturated carbocycles. The van der Waals surface area contributed by atoms with Crippen molar-refractivity contribution >= 4 is 39.9 Å². The number of nitrogens with zero attached hydrogens (tertiary/aromatic N) is 1. The van der Waals surface area contributed by atoms with Crippen molar-refractivity contribution in [1.29, 1.82) is 0 Å². The number of carboxylic acids is 1. The molecule has 4 N–H and O–H groups in total. The average molecular weight is 358 g/mol. The number of aromatic carboxylic acids is 1. The molecule has 0 amide bonds. The van der Waals surface area contributed by atoms with Crippen LogP contribution in [-0.4, -0.2) is 27.6 Å². The molecular formula is C15H20ClN3O3S. The number of hydrogen-bond donors (Lipinski definition) is 3. The predicted molar refractivity (Wildman–Crippen MR) is 92.9 cm³/mol. The minimum absolute atomic E-state index is 0. The number of aromatic amines is 1. The molecule has 2 heterocycles. The third-order valence-electron chi connectivity index (χ3n) is 4.34. The Morgan fingerprint density at radius 1 is 1.35 bits per heavy atom. The summed E-state index contributed by atoms with van der Waals surface area (Å²) in [5, 5.41) is 9.37. The zero-order chi connectivity index (χ0) is 15.7. The first-order valence-electron chi connectivity index (χ1n) is 7.58. The van der Waals surface area contributed by atoms with E-state index < -0.39 is 5.97 Å². The molecule has 2 aromatic rings. The van der Waals surface area contributed by atoms with Gasteiger partial charge in [0.1, 0.15) is 4.83 Å². The lowest BCUT2D eigenvalue weighted by atomic mass is 9.86. The van der Waals surface area contributed by atoms with Gasteiger partial charge in [-0.05, 0) is 50.1 Å². The average Bonchev–Trinajstić information content (AvgIpc) is 2.97. The Morgan fingerprint density at radius 3 is 2.61 bits per heavy atom. The van der Waals surface area contributed by atoms with Crippen LogP contribution < -0.4 is 11.3 Å². The summed E-state index contributed by atoms with van der Waals surface area (Å²) in [5.41, 5.74) is 6.06. The van der Waals surface area contributed by atoms with E-state index in [9.17, 15) is 9.59 Å². The van der Waals surface area contributed by atoms with Gasteiger partial charge in [-0.2, -0.15) is 0 Å². The first-order valence-corrected chi connectivity index (χ1v) is 8.39. The van der Waals surface area contributed by atoms with Crippen molar-refractivity contribution in [3.63, 3.8) is 0 Å². The number of rotatable bonds is 2. The number of carbonyl (C=O) groups is 1. The number of carboxylic acid groups (broad SMARTS) is 1. The Balaban J connectivity index is 0.000000234. The van der Waals surface area contributed by atoms with Crippen molar-refractivity contribution in [3.05, 3.63) is 26.6 Å². The summed E-state index contributed by atoms with van der Waals surface area (Å²) < 4.78 is 0. The largest absolute Gasteiger partial charge is 0.475 e. The number of hydrogen-bond acceptors (Lipinski definition) is 5. The van der Waals surface area contributed by atoms with Gasteiger partial charge in [-0.3, -0.25) is 4.79 Å². The molecular weight excluding hydrogens is 338 g/mol. The van der Waals surface area contributed by atoms with Crippen LogP contribution in [0.25, 0.3) is 10.2 Å². The standard InChI is InChI=1S/C10H8N2O3S.C5H11N.ClH/c13-8-6-4-2-1-3-5(4)16-9(6)12-7(11-8)10(14)15;6-4-5-2-1-3-5;/h1-3H2,(H,14,15)(H,11,12,13);5H,1-4,6H2;1H. The third-order valence-corrected chi connectivity index (χ3v) is 5.52. The SMILES string of the molecule is Cl.NCC1CCC1.O=C(O)c1nc2sc3c(c2c(=O)[nH]1)CCC3. The first-order chi connectivity index (χ1) is 10.6. The number of aromatic nitrogens is 2. The highest BCUT2D eigenvalue weighted by atomic mass is 35.5. The van der Waals surface area contributed by atoms with E-state index in [2.05, 4.69) is 9.97 Å². The molecule has 8 heteroatoms. The summed E-state index contributed by atoms with van der Waals surface area (Å²) in [7, 11) is 0. The Bertz CT molecular complexity index is 764. The van der Waals surface area contributed by atoms with Crippen molar-refractivity contribution in [2.24, 2.45) is 11.7 Å². The van der Waals surface area contributed by atoms with E-state index in [4.69, 9.17) is 10.8 Å². The van der Waals surface area contributed by atoms with Gasteiger partial charge in [0.15, 0.2) is 0 Å². The number of fused-ring (bicyclic) bond motifs is 3. The molecule has 4 rings (SSSR count). The van der Waals surface area contributed by atoms with Gasteiger partial charge in [0.05, 0.1) is 5.39 Å². The molecule has 0 aromatic carbocycles. The summed E-state index contributed by atoms with van der Waals surface area (Å²) in [6.45, 7) is 0.917. The number of aryl methyl sites for hydroxylation is 2. The first kappa shape index (κ1) is 17.9. The fourth-order valence-electron chi connectivity index (χ4n) is 2.83. The Labute approximate surface area is 143 Å². The normalized spacial score (nSPS) is 16.0. The molecule has 6 nitrogen and oxygen atoms in total. The van der Waals surface area contributed by atoms with Gasteiger partial charge in [-0.15, -0.1) is 23.7 Å². The second-order valence-corrected chi connectivity index (χ2v) is 6.87. The number of nitrogens with two attached hydrogens (primary N) is 1. The molecule has 1 fully saturated rings. The van der Waals surface area contributed by atoms with Gasteiger partial charge < -0.3 is 15.8 Å². The van der Waals surface area contributed by atoms with Crippen molar-refractivity contribution in [1.82, 2.24) is 9.97 Å². The zero-order valence-corrected chi connectivity index (χ0v) is 14.3. The van der Waals surface area contributed by atoms with E-state index in [1.54, 1.807) is 0 Å². The van der Waals surface area contributed by atoms with Crippen molar-refractivity contribution in [2.45, 2.75) is 38.5 Å². The van der Waals surface area contributed by atoms with E-state index in [0.29, 0.717) is 10.2 Å². The lowest BCUT2D eigenvalue weighted by Gasteiger charge is -2.22. The van der Waals surface area contributed by atoms with Crippen LogP contribution in [0.4, 0.5) is 0 Å². The van der Waals surface area contributed by atoms with Crippen LogP contribution in [0, 0.1) is 5.92 Å². The lowest BCUT2D eigenvalue weighted by Crippen LogP contribution is -2.20. The Hall–Kier alpha value is -1.44. The molecule has 126 valence electrons. The highest BCUT2D eigenvalue weighted by Crippen LogP contribution is 2.34. The van der Waals surface area contributed by atoms with Crippen LogP contribution in [0.5, 0.6) is 0 Å². The Kier molecular flexibility index (Phi) is 5.78. The van der Waals surface area contributed by atoms with Crippen LogP contribution in [0.15, 0.2) is 4.79 Å². The van der Waals surface area contributed by atoms with Crippen LogP contribution in [-0.2, 0) is 12.8 Å². The van der Waals surface area contributed by atoms with E-state index >= 15 is 0 Å². The minimum Gasteiger partial charge on any atom is -0.475 e. The molecule has 0 saturated heterocycles. The van der Waals surface area contributed by atoms with Gasteiger partial charge in [-0.25, -0.2) is 9.78 Å². The number of nitrogens with one attached hydrogen (secondary N) is 1. The molecule has 0 atom stereocenters. The summed E-state index contributed by atoms with van der Waals surface area (Å²) in [4.78, 5) is 30.5. The van der Waals surface area contributed by atoms with Gasteiger partial charge in [0.2, 0.25) is 5.82 Å². The summed E-state index contributed by atoms with van der Waals surface area (Å²) in [6, 6.07) is 0. The summed E-state index contributed by atoms with van der Waals surface area (Å²) in [5.74, 6) is -0.588. The molecule has 0 spiro atoms. The molecule has 0 bridgehead atoms. The van der Waals surface area contributed by atoms with Crippen LogP contribution >= 0.6 is 23.7 Å². The van der Waals surface area contributed by atoms with Gasteiger partial charge in [0, 0.05) is 4.88 Å². The second kappa shape index (κ2) is 7.42. The van der Waals surface area contributed by atoms with Crippen molar-refractivity contribution < 1.29 is 9.90 Å². The van der Waals surface area contributed by atoms with Crippen LogP contribution in [0.3, 0.4) is 0 Å². The maximum absolute atomic E-state index is 11.8. The number of halogens is 1. The topological polar surface area (TPSA) is 109 Å². The zero-order valence-electron chi connectivity index (χ0n) is 12.6. The molecule has 0 aliphatic heterocycles. The van der Waals surface area contributed by atoms with E-state index in [1.807, 2.05) is 0 Å². The quantitative estimate of drug-likeness (QED) is 0.764. The molecule has 0 radical (unpaired) electrons. The fourth-order valence-corrected chi connectivity index (χ4v) is 4.09. The maximum atomic E-state index is 11.8. The number of thiophene rings is 1. The summed E-state index contributed by atoms with van der Waals surface area (Å²) in [6.07, 6.45) is 7.12. The van der Waals surface area contributed by atoms with Crippen molar-refractivity contribution in [3.8, 4) is 0 Å². The smallest absolute Gasteiger partial charge is 0.372 e. The number of H-pyrrole nitrogens is 1. The third kappa shape index (κ3) is 3.57. The van der Waals surface area contributed by atoms with Crippen molar-refractivity contribution in [2.75, 3.05) is 6.54 Å². The van der Waals surface area contributed by atoms with Gasteiger partial charge >= 0.3 is 5.97 Å². The highest BCUT2D eigenvalue weighted by Gasteiger charge is 2.22. The van der Waals surface area contributed by atoms with Gasteiger partial charge in [0.25, 0.3) is 5.56 Å². The minimum atomic E-state index is -1.20. The monoisotopic (exact) mass is 357 g/mol. The maximum Gasteiger partial charge on any atom is 0.372 e. The van der Waals surface area contributed by atoms with Crippen LogP contribution in [0.2, 0.25) is 0 Å². The van der Waals surface area contributed by atoms with E-state index in [-0.39, 0.29) is 23.8 Å². The lowest BCUT2D eigenvalue weighted by molar-refractivity contribution is 0.0683.